The van der Waals surface area contributed by atoms with Crippen molar-refractivity contribution in [3.8, 4) is 0 Å². The highest BCUT2D eigenvalue weighted by Gasteiger charge is 2.57. The smallest absolute Gasteiger partial charge is 0.330 e. The molecule has 1 amide bonds. The van der Waals surface area contributed by atoms with Gasteiger partial charge in [0.25, 0.3) is 0 Å². The van der Waals surface area contributed by atoms with Gasteiger partial charge in [0.05, 0.1) is 0 Å². The summed E-state index contributed by atoms with van der Waals surface area (Å²) < 4.78 is 0. The number of hydrogen-bond donors (Lipinski definition) is 1. The van der Waals surface area contributed by atoms with Gasteiger partial charge in [-0.1, -0.05) is 33.6 Å². The maximum atomic E-state index is 11.9. The standard InChI is InChI=1S/C14H25NO3/c1-5-10-15(11(2)16)14(12(17)18)9-7-6-8-13(14,3)4/h5-10H2,1-4H3,(H,17,18). The van der Waals surface area contributed by atoms with Crippen molar-refractivity contribution in [2.75, 3.05) is 6.54 Å². The van der Waals surface area contributed by atoms with Crippen molar-refractivity contribution in [1.82, 2.24) is 4.90 Å². The minimum absolute atomic E-state index is 0.130. The first-order valence-electron chi connectivity index (χ1n) is 6.81. The summed E-state index contributed by atoms with van der Waals surface area (Å²) >= 11 is 0. The summed E-state index contributed by atoms with van der Waals surface area (Å²) in [6.45, 7) is 7.93. The van der Waals surface area contributed by atoms with E-state index < -0.39 is 11.5 Å². The summed E-state index contributed by atoms with van der Waals surface area (Å²) in [5, 5.41) is 9.78. The first-order chi connectivity index (χ1) is 8.29. The number of carboxylic acids is 1. The molecule has 0 aliphatic heterocycles. The molecule has 0 spiro atoms. The molecule has 4 heteroatoms. The zero-order valence-electron chi connectivity index (χ0n) is 12.0. The molecule has 0 aromatic rings. The van der Waals surface area contributed by atoms with Crippen LogP contribution in [0.1, 0.15) is 59.8 Å². The zero-order valence-corrected chi connectivity index (χ0v) is 12.0. The Morgan fingerprint density at radius 1 is 1.22 bits per heavy atom. The van der Waals surface area contributed by atoms with Crippen molar-refractivity contribution in [2.24, 2.45) is 5.41 Å². The number of carbonyl (C=O) groups is 2. The SMILES string of the molecule is CCCN(C(C)=O)C1(C(=O)O)CCCCC1(C)C. The van der Waals surface area contributed by atoms with Crippen LogP contribution in [-0.4, -0.2) is 34.0 Å². The maximum Gasteiger partial charge on any atom is 0.330 e. The van der Waals surface area contributed by atoms with Crippen molar-refractivity contribution < 1.29 is 14.7 Å². The Morgan fingerprint density at radius 2 is 1.78 bits per heavy atom. The number of aliphatic carboxylic acids is 1. The average Bonchev–Trinajstić information content (AvgIpc) is 2.25. The Hall–Kier alpha value is -1.06. The lowest BCUT2D eigenvalue weighted by atomic mass is 9.62. The summed E-state index contributed by atoms with van der Waals surface area (Å²) in [5.74, 6) is -0.981. The molecule has 1 unspecified atom stereocenters. The fourth-order valence-electron chi connectivity index (χ4n) is 3.35. The summed E-state index contributed by atoms with van der Waals surface area (Å²) in [5.41, 5.74) is -1.41. The van der Waals surface area contributed by atoms with Crippen LogP contribution in [0.25, 0.3) is 0 Å². The first kappa shape index (κ1) is 15.0. The molecular weight excluding hydrogens is 230 g/mol. The highest BCUT2D eigenvalue weighted by atomic mass is 16.4. The van der Waals surface area contributed by atoms with Crippen LogP contribution in [0.5, 0.6) is 0 Å². The van der Waals surface area contributed by atoms with Gasteiger partial charge in [-0.2, -0.15) is 0 Å². The predicted molar refractivity (Wildman–Crippen MR) is 70.3 cm³/mol. The van der Waals surface area contributed by atoms with Crippen LogP contribution >= 0.6 is 0 Å². The van der Waals surface area contributed by atoms with E-state index in [1.807, 2.05) is 20.8 Å². The summed E-state index contributed by atoms with van der Waals surface area (Å²) in [6, 6.07) is 0. The normalized spacial score (nSPS) is 26.7. The van der Waals surface area contributed by atoms with Gasteiger partial charge in [0, 0.05) is 13.5 Å². The number of carbonyl (C=O) groups excluding carboxylic acids is 1. The largest absolute Gasteiger partial charge is 0.479 e. The highest BCUT2D eigenvalue weighted by Crippen LogP contribution is 2.47. The third-order valence-corrected chi connectivity index (χ3v) is 4.35. The van der Waals surface area contributed by atoms with Crippen LogP contribution in [0.3, 0.4) is 0 Å². The Balaban J connectivity index is 3.27. The van der Waals surface area contributed by atoms with Gasteiger partial charge in [-0.15, -0.1) is 0 Å². The molecule has 1 aliphatic carbocycles. The minimum Gasteiger partial charge on any atom is -0.479 e. The van der Waals surface area contributed by atoms with E-state index in [0.717, 1.165) is 25.7 Å². The van der Waals surface area contributed by atoms with E-state index in [2.05, 4.69) is 0 Å². The third kappa shape index (κ3) is 2.25. The van der Waals surface area contributed by atoms with Crippen molar-refractivity contribution in [1.29, 1.82) is 0 Å². The van der Waals surface area contributed by atoms with Gasteiger partial charge in [0.1, 0.15) is 5.54 Å². The van der Waals surface area contributed by atoms with E-state index >= 15 is 0 Å². The second kappa shape index (κ2) is 5.29. The first-order valence-corrected chi connectivity index (χ1v) is 6.81. The summed E-state index contributed by atoms with van der Waals surface area (Å²) in [4.78, 5) is 25.4. The van der Waals surface area contributed by atoms with E-state index in [9.17, 15) is 14.7 Å². The molecule has 104 valence electrons. The predicted octanol–water partition coefficient (Wildman–Crippen LogP) is 2.67. The average molecular weight is 255 g/mol. The van der Waals surface area contributed by atoms with Crippen LogP contribution in [-0.2, 0) is 9.59 Å². The van der Waals surface area contributed by atoms with Gasteiger partial charge in [0.2, 0.25) is 5.91 Å². The third-order valence-electron chi connectivity index (χ3n) is 4.35. The lowest BCUT2D eigenvalue weighted by Gasteiger charge is -2.53. The molecule has 0 saturated heterocycles. The second-order valence-electron chi connectivity index (χ2n) is 5.93. The molecule has 0 aromatic heterocycles. The van der Waals surface area contributed by atoms with E-state index in [4.69, 9.17) is 0 Å². The molecule has 0 aromatic carbocycles. The van der Waals surface area contributed by atoms with Crippen molar-refractivity contribution >= 4 is 11.9 Å². The fourth-order valence-corrected chi connectivity index (χ4v) is 3.35. The molecule has 4 nitrogen and oxygen atoms in total. The Kier molecular flexibility index (Phi) is 4.41. The van der Waals surface area contributed by atoms with Gasteiger partial charge < -0.3 is 10.0 Å². The molecule has 1 rings (SSSR count). The quantitative estimate of drug-likeness (QED) is 0.840. The molecular formula is C14H25NO3. The number of carboxylic acid groups (broad SMARTS) is 1. The van der Waals surface area contributed by atoms with Crippen LogP contribution in [0.15, 0.2) is 0 Å². The van der Waals surface area contributed by atoms with Crippen LogP contribution in [0.4, 0.5) is 0 Å². The molecule has 1 saturated carbocycles. The monoisotopic (exact) mass is 255 g/mol. The van der Waals surface area contributed by atoms with E-state index in [0.29, 0.717) is 13.0 Å². The number of nitrogens with zero attached hydrogens (tertiary/aromatic N) is 1. The molecule has 1 N–H and O–H groups in total. The van der Waals surface area contributed by atoms with Crippen LogP contribution in [0.2, 0.25) is 0 Å². The molecule has 0 radical (unpaired) electrons. The second-order valence-corrected chi connectivity index (χ2v) is 5.93. The van der Waals surface area contributed by atoms with Crippen LogP contribution < -0.4 is 0 Å². The topological polar surface area (TPSA) is 57.6 Å². The maximum absolute atomic E-state index is 11.9. The Morgan fingerprint density at radius 3 is 2.17 bits per heavy atom. The number of rotatable bonds is 4. The van der Waals surface area contributed by atoms with Gasteiger partial charge in [0.15, 0.2) is 0 Å². The van der Waals surface area contributed by atoms with Gasteiger partial charge in [-0.3, -0.25) is 4.79 Å². The lowest BCUT2D eigenvalue weighted by Crippen LogP contribution is -2.65. The zero-order chi connectivity index (χ0) is 14.0. The van der Waals surface area contributed by atoms with Gasteiger partial charge in [-0.05, 0) is 24.7 Å². The fraction of sp³-hybridized carbons (Fsp3) is 0.857. The van der Waals surface area contributed by atoms with Crippen LogP contribution in [0, 0.1) is 5.41 Å². The summed E-state index contributed by atoms with van der Waals surface area (Å²) in [6.07, 6.45) is 4.12. The van der Waals surface area contributed by atoms with Gasteiger partial charge in [-0.25, -0.2) is 4.79 Å². The molecule has 1 fully saturated rings. The summed E-state index contributed by atoms with van der Waals surface area (Å²) in [7, 11) is 0. The molecule has 1 atom stereocenters. The number of amides is 1. The van der Waals surface area contributed by atoms with E-state index in [1.54, 1.807) is 4.90 Å². The van der Waals surface area contributed by atoms with Crippen molar-refractivity contribution in [3.05, 3.63) is 0 Å². The lowest BCUT2D eigenvalue weighted by molar-refractivity contribution is -0.173. The molecule has 0 bridgehead atoms. The highest BCUT2D eigenvalue weighted by molar-refractivity contribution is 5.87. The Labute approximate surface area is 109 Å². The minimum atomic E-state index is -1.03. The molecule has 18 heavy (non-hydrogen) atoms. The molecule has 0 heterocycles. The molecule has 1 aliphatic rings. The van der Waals surface area contributed by atoms with Crippen molar-refractivity contribution in [2.45, 2.75) is 65.3 Å². The van der Waals surface area contributed by atoms with Crippen molar-refractivity contribution in [3.63, 3.8) is 0 Å². The van der Waals surface area contributed by atoms with E-state index in [1.165, 1.54) is 6.92 Å². The Bertz CT molecular complexity index is 338. The van der Waals surface area contributed by atoms with Gasteiger partial charge >= 0.3 is 5.97 Å². The number of hydrogen-bond acceptors (Lipinski definition) is 2. The van der Waals surface area contributed by atoms with E-state index in [-0.39, 0.29) is 11.3 Å².